The quantitative estimate of drug-likeness (QED) is 0.120. The Morgan fingerprint density at radius 2 is 1.69 bits per heavy atom. The van der Waals surface area contributed by atoms with Gasteiger partial charge in [0, 0.05) is 37.5 Å². The van der Waals surface area contributed by atoms with Crippen LogP contribution in [0.2, 0.25) is 18.1 Å². The number of methoxy groups -OCH3 is 3. The molecule has 1 amide bonds. The summed E-state index contributed by atoms with van der Waals surface area (Å²) >= 11 is 0. The molecule has 0 aromatic heterocycles. The lowest BCUT2D eigenvalue weighted by atomic mass is 9.92. The molecule has 0 unspecified atom stereocenters. The Kier molecular flexibility index (Phi) is 14.6. The summed E-state index contributed by atoms with van der Waals surface area (Å²) in [5.74, 6) is 1.50. The van der Waals surface area contributed by atoms with Gasteiger partial charge in [0.2, 0.25) is 0 Å². The average molecular weight is 568 g/mol. The van der Waals surface area contributed by atoms with Gasteiger partial charge in [0.25, 0.3) is 5.91 Å². The van der Waals surface area contributed by atoms with Gasteiger partial charge in [0.15, 0.2) is 39.2 Å². The van der Waals surface area contributed by atoms with Crippen molar-refractivity contribution in [2.24, 2.45) is 5.92 Å². The van der Waals surface area contributed by atoms with Crippen LogP contribution in [0.3, 0.4) is 0 Å². The monoisotopic (exact) mass is 567 g/mol. The Morgan fingerprint density at radius 3 is 2.21 bits per heavy atom. The highest BCUT2D eigenvalue weighted by atomic mass is 28.4. The van der Waals surface area contributed by atoms with Crippen molar-refractivity contribution in [3.8, 4) is 17.2 Å². The molecule has 9 heteroatoms. The number of ether oxygens (including phenoxy) is 5. The molecule has 224 valence electrons. The fraction of sp³-hybridized carbons (Fsp3) is 0.700. The van der Waals surface area contributed by atoms with E-state index in [1.165, 1.54) is 0 Å². The first-order valence-corrected chi connectivity index (χ1v) is 16.8. The number of nitrogens with one attached hydrogen (secondary N) is 1. The lowest BCUT2D eigenvalue weighted by molar-refractivity contribution is -0.112. The molecule has 0 fully saturated rings. The second kappa shape index (κ2) is 16.3. The van der Waals surface area contributed by atoms with Crippen LogP contribution in [0.4, 0.5) is 5.69 Å². The number of amides is 1. The highest BCUT2D eigenvalue weighted by Gasteiger charge is 2.39. The topological polar surface area (TPSA) is 84.5 Å². The van der Waals surface area contributed by atoms with E-state index >= 15 is 0 Å². The molecule has 0 aliphatic carbocycles. The number of benzene rings is 1. The van der Waals surface area contributed by atoms with Gasteiger partial charge in [-0.05, 0) is 57.2 Å². The highest BCUT2D eigenvalue weighted by Crippen LogP contribution is 2.45. The van der Waals surface area contributed by atoms with Gasteiger partial charge < -0.3 is 33.4 Å². The third kappa shape index (κ3) is 10.4. The maximum Gasteiger partial charge on any atom is 0.251 e. The van der Waals surface area contributed by atoms with Crippen molar-refractivity contribution in [1.29, 1.82) is 0 Å². The van der Waals surface area contributed by atoms with Crippen LogP contribution in [-0.2, 0) is 25.1 Å². The predicted molar refractivity (Wildman–Crippen MR) is 161 cm³/mol. The summed E-state index contributed by atoms with van der Waals surface area (Å²) in [6, 6.07) is 1.71. The number of allylic oxidation sites excluding steroid dienone is 1. The molecule has 1 N–H and O–H groups in total. The molecule has 0 radical (unpaired) electrons. The van der Waals surface area contributed by atoms with Crippen LogP contribution in [0.5, 0.6) is 17.2 Å². The molecule has 0 saturated carbocycles. The van der Waals surface area contributed by atoms with E-state index in [0.717, 1.165) is 24.8 Å². The van der Waals surface area contributed by atoms with Gasteiger partial charge in [0.05, 0.1) is 12.8 Å². The SMILES string of the molecule is C/C=C(\C)C(=O)Nc1cc(OCOC)c(OC)c(C[C@@H](C)C[C@@H](CCC)O[Si](C)(C)C(C)(C)C)c1OCOC. The zero-order valence-corrected chi connectivity index (χ0v) is 27.4. The minimum absolute atomic E-state index is 0.0151. The Morgan fingerprint density at radius 1 is 1.08 bits per heavy atom. The maximum absolute atomic E-state index is 12.8. The zero-order chi connectivity index (χ0) is 29.8. The second-order valence-electron chi connectivity index (χ2n) is 11.6. The van der Waals surface area contributed by atoms with Crippen molar-refractivity contribution in [2.75, 3.05) is 40.2 Å². The summed E-state index contributed by atoms with van der Waals surface area (Å²) in [4.78, 5) is 12.8. The Bertz CT molecular complexity index is 940. The van der Waals surface area contributed by atoms with Crippen molar-refractivity contribution in [2.45, 2.75) is 98.4 Å². The molecule has 39 heavy (non-hydrogen) atoms. The van der Waals surface area contributed by atoms with Crippen LogP contribution in [0.15, 0.2) is 17.7 Å². The van der Waals surface area contributed by atoms with Crippen LogP contribution in [0.1, 0.15) is 73.3 Å². The molecule has 0 heterocycles. The third-order valence-electron chi connectivity index (χ3n) is 7.28. The minimum Gasteiger partial charge on any atom is -0.492 e. The average Bonchev–Trinajstić information content (AvgIpc) is 2.85. The molecule has 0 bridgehead atoms. The lowest BCUT2D eigenvalue weighted by Gasteiger charge is -2.40. The van der Waals surface area contributed by atoms with Crippen molar-refractivity contribution < 1.29 is 32.9 Å². The molecule has 0 aliphatic heterocycles. The molecule has 2 atom stereocenters. The molecular weight excluding hydrogens is 514 g/mol. The Labute approximate surface area is 237 Å². The molecule has 0 saturated heterocycles. The first kappa shape index (κ1) is 35.0. The third-order valence-corrected chi connectivity index (χ3v) is 11.8. The largest absolute Gasteiger partial charge is 0.492 e. The van der Waals surface area contributed by atoms with Gasteiger partial charge in [-0.25, -0.2) is 0 Å². The van der Waals surface area contributed by atoms with Gasteiger partial charge in [0.1, 0.15) is 0 Å². The van der Waals surface area contributed by atoms with Crippen molar-refractivity contribution in [1.82, 2.24) is 0 Å². The van der Waals surface area contributed by atoms with E-state index in [4.69, 9.17) is 28.1 Å². The van der Waals surface area contributed by atoms with Gasteiger partial charge in [-0.3, -0.25) is 4.79 Å². The van der Waals surface area contributed by atoms with E-state index in [2.05, 4.69) is 53.0 Å². The number of rotatable bonds is 17. The Hall–Kier alpha value is -2.07. The van der Waals surface area contributed by atoms with E-state index in [0.29, 0.717) is 34.9 Å². The van der Waals surface area contributed by atoms with Crippen LogP contribution < -0.4 is 19.5 Å². The molecule has 1 aromatic carbocycles. The molecule has 8 nitrogen and oxygen atoms in total. The van der Waals surface area contributed by atoms with Gasteiger partial charge >= 0.3 is 0 Å². The summed E-state index contributed by atoms with van der Waals surface area (Å²) < 4.78 is 35.0. The van der Waals surface area contributed by atoms with E-state index in [1.807, 2.05) is 6.92 Å². The molecular formula is C30H53NO7Si. The van der Waals surface area contributed by atoms with E-state index in [1.54, 1.807) is 40.4 Å². The summed E-state index contributed by atoms with van der Waals surface area (Å²) in [7, 11) is 2.79. The number of hydrogen-bond donors (Lipinski definition) is 1. The fourth-order valence-corrected chi connectivity index (χ4v) is 5.46. The van der Waals surface area contributed by atoms with E-state index < -0.39 is 8.32 Å². The van der Waals surface area contributed by atoms with Gasteiger partial charge in [-0.15, -0.1) is 0 Å². The normalized spacial score (nSPS) is 14.1. The molecule has 0 spiro atoms. The van der Waals surface area contributed by atoms with Crippen molar-refractivity contribution in [3.63, 3.8) is 0 Å². The van der Waals surface area contributed by atoms with Gasteiger partial charge in [-0.2, -0.15) is 0 Å². The van der Waals surface area contributed by atoms with Crippen LogP contribution in [0.25, 0.3) is 0 Å². The number of anilines is 1. The van der Waals surface area contributed by atoms with Crippen molar-refractivity contribution in [3.05, 3.63) is 23.3 Å². The predicted octanol–water partition coefficient (Wildman–Crippen LogP) is 7.32. The number of hydrogen-bond acceptors (Lipinski definition) is 7. The van der Waals surface area contributed by atoms with Crippen molar-refractivity contribution >= 4 is 19.9 Å². The summed E-state index contributed by atoms with van der Waals surface area (Å²) in [6.07, 6.45) is 5.48. The number of carbonyl (C=O) groups is 1. The first-order chi connectivity index (χ1) is 18.3. The fourth-order valence-electron chi connectivity index (χ4n) is 4.06. The lowest BCUT2D eigenvalue weighted by Crippen LogP contribution is -2.44. The van der Waals surface area contributed by atoms with Crippen LogP contribution in [0, 0.1) is 5.92 Å². The van der Waals surface area contributed by atoms with Gasteiger partial charge in [-0.1, -0.05) is 47.1 Å². The van der Waals surface area contributed by atoms with Crippen LogP contribution >= 0.6 is 0 Å². The van der Waals surface area contributed by atoms with Crippen LogP contribution in [-0.4, -0.2) is 55.2 Å². The molecule has 1 aromatic rings. The molecule has 1 rings (SSSR count). The van der Waals surface area contributed by atoms with E-state index in [-0.39, 0.29) is 36.6 Å². The summed E-state index contributed by atoms with van der Waals surface area (Å²) in [5.41, 5.74) is 1.87. The minimum atomic E-state index is -1.93. The first-order valence-electron chi connectivity index (χ1n) is 13.9. The standard InChI is InChI=1S/C30H53NO7Si/c1-13-15-23(38-39(11,12)30(5,6)7)16-21(3)17-24-27(37-20-34-9)25(31-29(32)22(4)14-2)18-26(28(24)35-10)36-19-33-8/h14,18,21,23H,13,15-17,19-20H2,1-12H3,(H,31,32)/b22-14+/t21-,23+/m0/s1. The molecule has 0 aliphatic rings. The Balaban J connectivity index is 3.54. The number of carbonyl (C=O) groups excluding carboxylic acids is 1. The highest BCUT2D eigenvalue weighted by molar-refractivity contribution is 6.74. The maximum atomic E-state index is 12.8. The summed E-state index contributed by atoms with van der Waals surface area (Å²) in [6.45, 7) is 19.5. The smallest absolute Gasteiger partial charge is 0.251 e. The summed E-state index contributed by atoms with van der Waals surface area (Å²) in [5, 5.41) is 3.11. The van der Waals surface area contributed by atoms with E-state index in [9.17, 15) is 4.79 Å². The second-order valence-corrected chi connectivity index (χ2v) is 16.4. The zero-order valence-electron chi connectivity index (χ0n) is 26.4.